The predicted molar refractivity (Wildman–Crippen MR) is 105 cm³/mol. The summed E-state index contributed by atoms with van der Waals surface area (Å²) in [5.74, 6) is 0.380. The van der Waals surface area contributed by atoms with Gasteiger partial charge in [0.05, 0.1) is 6.61 Å². The molecule has 2 N–H and O–H groups in total. The van der Waals surface area contributed by atoms with Gasteiger partial charge in [-0.15, -0.1) is 0 Å². The zero-order chi connectivity index (χ0) is 17.7. The van der Waals surface area contributed by atoms with Gasteiger partial charge >= 0.3 is 0 Å². The molecule has 1 amide bonds. The van der Waals surface area contributed by atoms with Gasteiger partial charge in [0, 0.05) is 15.7 Å². The minimum Gasteiger partial charge on any atom is -0.494 e. The van der Waals surface area contributed by atoms with Gasteiger partial charge in [-0.3, -0.25) is 10.1 Å². The Balaban J connectivity index is 2.07. The van der Waals surface area contributed by atoms with Crippen LogP contribution in [0.2, 0.25) is 0 Å². The lowest BCUT2D eigenvalue weighted by Gasteiger charge is -2.15. The smallest absolute Gasteiger partial charge is 0.257 e. The molecule has 126 valence electrons. The van der Waals surface area contributed by atoms with Crippen LogP contribution in [0.25, 0.3) is 0 Å². The highest BCUT2D eigenvalue weighted by atomic mass is 79.9. The van der Waals surface area contributed by atoms with Crippen molar-refractivity contribution in [1.82, 2.24) is 5.32 Å². The molecule has 0 saturated carbocycles. The van der Waals surface area contributed by atoms with Crippen LogP contribution in [0.5, 0.6) is 5.75 Å². The van der Waals surface area contributed by atoms with Crippen LogP contribution in [0.3, 0.4) is 0 Å². The summed E-state index contributed by atoms with van der Waals surface area (Å²) in [7, 11) is 0. The minimum atomic E-state index is -0.276. The van der Waals surface area contributed by atoms with Crippen molar-refractivity contribution in [3.05, 3.63) is 57.6 Å². The summed E-state index contributed by atoms with van der Waals surface area (Å²) in [6.45, 7) is 6.41. The Bertz CT molecular complexity index is 754. The molecule has 0 aliphatic rings. The number of carbonyl (C=O) groups excluding carboxylic acids is 1. The molecule has 0 radical (unpaired) electrons. The van der Waals surface area contributed by atoms with E-state index in [4.69, 9.17) is 17.0 Å². The molecular weight excluding hydrogens is 388 g/mol. The van der Waals surface area contributed by atoms with Crippen molar-refractivity contribution in [2.24, 2.45) is 0 Å². The number of hydrogen-bond acceptors (Lipinski definition) is 3. The number of halogens is 1. The Kier molecular flexibility index (Phi) is 6.34. The largest absolute Gasteiger partial charge is 0.494 e. The number of nitrogens with one attached hydrogen (secondary N) is 2. The zero-order valence-corrected chi connectivity index (χ0v) is 16.2. The van der Waals surface area contributed by atoms with E-state index in [2.05, 4.69) is 26.6 Å². The topological polar surface area (TPSA) is 50.4 Å². The van der Waals surface area contributed by atoms with Crippen LogP contribution >= 0.6 is 28.1 Å². The van der Waals surface area contributed by atoms with E-state index < -0.39 is 0 Å². The maximum absolute atomic E-state index is 12.3. The van der Waals surface area contributed by atoms with Crippen LogP contribution in [-0.2, 0) is 0 Å². The van der Waals surface area contributed by atoms with Crippen LogP contribution in [-0.4, -0.2) is 17.6 Å². The summed E-state index contributed by atoms with van der Waals surface area (Å²) < 4.78 is 6.41. The quantitative estimate of drug-likeness (QED) is 0.728. The fourth-order valence-corrected chi connectivity index (χ4v) is 3.20. The van der Waals surface area contributed by atoms with E-state index in [0.29, 0.717) is 17.9 Å². The van der Waals surface area contributed by atoms with Crippen molar-refractivity contribution in [2.75, 3.05) is 11.9 Å². The highest BCUT2D eigenvalue weighted by Crippen LogP contribution is 2.25. The molecule has 2 aromatic rings. The van der Waals surface area contributed by atoms with Crippen LogP contribution < -0.4 is 15.4 Å². The van der Waals surface area contributed by atoms with Gasteiger partial charge in [-0.05, 0) is 74.4 Å². The number of ether oxygens (including phenoxy) is 1. The lowest BCUT2D eigenvalue weighted by atomic mass is 10.1. The van der Waals surface area contributed by atoms with Crippen molar-refractivity contribution in [1.29, 1.82) is 0 Å². The molecule has 0 aromatic heterocycles. The van der Waals surface area contributed by atoms with E-state index in [1.165, 1.54) is 0 Å². The monoisotopic (exact) mass is 406 g/mol. The van der Waals surface area contributed by atoms with Crippen molar-refractivity contribution < 1.29 is 9.53 Å². The molecule has 0 fully saturated rings. The standard InChI is InChI=1S/C18H19BrN2O2S/c1-4-23-15-7-5-6-13(10-15)17(22)21-18(24)20-16-11(2)8-14(19)9-12(16)3/h5-10H,4H2,1-3H3,(H2,20,21,22,24). The number of benzene rings is 2. The number of anilines is 1. The fourth-order valence-electron chi connectivity index (χ4n) is 2.32. The average Bonchev–Trinajstić information content (AvgIpc) is 2.51. The first-order valence-corrected chi connectivity index (χ1v) is 8.72. The lowest BCUT2D eigenvalue weighted by molar-refractivity contribution is 0.0977. The summed E-state index contributed by atoms with van der Waals surface area (Å²) in [6.07, 6.45) is 0. The van der Waals surface area contributed by atoms with E-state index >= 15 is 0 Å². The van der Waals surface area contributed by atoms with Crippen molar-refractivity contribution in [3.63, 3.8) is 0 Å². The number of amides is 1. The highest BCUT2D eigenvalue weighted by Gasteiger charge is 2.11. The van der Waals surface area contributed by atoms with Crippen molar-refractivity contribution in [2.45, 2.75) is 20.8 Å². The third kappa shape index (κ3) is 4.79. The average molecular weight is 407 g/mol. The second-order valence-electron chi connectivity index (χ2n) is 5.28. The molecule has 4 nitrogen and oxygen atoms in total. The molecule has 0 saturated heterocycles. The summed E-state index contributed by atoms with van der Waals surface area (Å²) in [4.78, 5) is 12.3. The Morgan fingerprint density at radius 1 is 1.21 bits per heavy atom. The summed E-state index contributed by atoms with van der Waals surface area (Å²) in [5, 5.41) is 6.05. The van der Waals surface area contributed by atoms with Crippen LogP contribution in [0.15, 0.2) is 40.9 Å². The molecule has 2 aromatic carbocycles. The minimum absolute atomic E-state index is 0.260. The molecule has 0 atom stereocenters. The molecule has 0 aliphatic heterocycles. The van der Waals surface area contributed by atoms with E-state index in [1.807, 2.05) is 39.0 Å². The Hall–Kier alpha value is -1.92. The Labute approximate surface area is 155 Å². The molecule has 24 heavy (non-hydrogen) atoms. The Morgan fingerprint density at radius 2 is 1.88 bits per heavy atom. The van der Waals surface area contributed by atoms with E-state index in [0.717, 1.165) is 21.3 Å². The maximum atomic E-state index is 12.3. The van der Waals surface area contributed by atoms with Gasteiger partial charge in [-0.2, -0.15) is 0 Å². The number of thiocarbonyl (C=S) groups is 1. The molecule has 6 heteroatoms. The van der Waals surface area contributed by atoms with Crippen molar-refractivity contribution >= 4 is 44.9 Å². The number of hydrogen-bond donors (Lipinski definition) is 2. The van der Waals surface area contributed by atoms with E-state index in [9.17, 15) is 4.79 Å². The second kappa shape index (κ2) is 8.26. The Morgan fingerprint density at radius 3 is 2.50 bits per heavy atom. The molecular formula is C18H19BrN2O2S. The number of aryl methyl sites for hydroxylation is 2. The SMILES string of the molecule is CCOc1cccc(C(=O)NC(=S)Nc2c(C)cc(Br)cc2C)c1. The zero-order valence-electron chi connectivity index (χ0n) is 13.8. The van der Waals surface area contributed by atoms with E-state index in [-0.39, 0.29) is 11.0 Å². The first kappa shape index (κ1) is 18.4. The third-order valence-corrected chi connectivity index (χ3v) is 4.03. The summed E-state index contributed by atoms with van der Waals surface area (Å²) in [5.41, 5.74) is 3.47. The predicted octanol–water partition coefficient (Wildman–Crippen LogP) is 4.59. The van der Waals surface area contributed by atoms with Gasteiger partial charge in [0.15, 0.2) is 5.11 Å². The van der Waals surface area contributed by atoms with Crippen LogP contribution in [0, 0.1) is 13.8 Å². The van der Waals surface area contributed by atoms with Gasteiger partial charge in [-0.25, -0.2) is 0 Å². The van der Waals surface area contributed by atoms with Gasteiger partial charge in [0.1, 0.15) is 5.75 Å². The maximum Gasteiger partial charge on any atom is 0.257 e. The summed E-state index contributed by atoms with van der Waals surface area (Å²) >= 11 is 8.72. The third-order valence-electron chi connectivity index (χ3n) is 3.37. The van der Waals surface area contributed by atoms with Gasteiger partial charge in [0.2, 0.25) is 0 Å². The van der Waals surface area contributed by atoms with Crippen LogP contribution in [0.4, 0.5) is 5.69 Å². The van der Waals surface area contributed by atoms with Crippen molar-refractivity contribution in [3.8, 4) is 5.75 Å². The number of carbonyl (C=O) groups is 1. The first-order valence-electron chi connectivity index (χ1n) is 7.52. The van der Waals surface area contributed by atoms with Gasteiger partial charge in [0.25, 0.3) is 5.91 Å². The molecule has 0 unspecified atom stereocenters. The highest BCUT2D eigenvalue weighted by molar-refractivity contribution is 9.10. The molecule has 2 rings (SSSR count). The molecule has 0 heterocycles. The van der Waals surface area contributed by atoms with Gasteiger partial charge in [-0.1, -0.05) is 22.0 Å². The van der Waals surface area contributed by atoms with Gasteiger partial charge < -0.3 is 10.1 Å². The molecule has 0 bridgehead atoms. The summed E-state index contributed by atoms with van der Waals surface area (Å²) in [6, 6.07) is 11.0. The first-order chi connectivity index (χ1) is 11.4. The fraction of sp³-hybridized carbons (Fsp3) is 0.222. The normalized spacial score (nSPS) is 10.2. The lowest BCUT2D eigenvalue weighted by Crippen LogP contribution is -2.34. The number of rotatable bonds is 4. The molecule has 0 aliphatic carbocycles. The second-order valence-corrected chi connectivity index (χ2v) is 6.61. The van der Waals surface area contributed by atoms with Crippen LogP contribution in [0.1, 0.15) is 28.4 Å². The van der Waals surface area contributed by atoms with E-state index in [1.54, 1.807) is 18.2 Å². The molecule has 0 spiro atoms.